The number of esters is 1. The molecular formula is C20H12ClN3O6. The highest BCUT2D eigenvalue weighted by Gasteiger charge is 2.41. The molecule has 9 nitrogen and oxygen atoms in total. The number of pyridine rings is 1. The SMILES string of the molecule is O=C(CN1C(=O)c2cccc([N+](=O)[O-])c2C1=O)OCc1cc2ccccc2nc1Cl. The molecule has 0 bridgehead atoms. The number of imide groups is 1. The van der Waals surface area contributed by atoms with Crippen molar-refractivity contribution in [2.45, 2.75) is 6.61 Å². The van der Waals surface area contributed by atoms with Gasteiger partial charge in [0.05, 0.1) is 16.0 Å². The van der Waals surface area contributed by atoms with E-state index < -0.39 is 34.9 Å². The lowest BCUT2D eigenvalue weighted by atomic mass is 10.1. The second kappa shape index (κ2) is 7.53. The summed E-state index contributed by atoms with van der Waals surface area (Å²) in [6.45, 7) is -0.888. The summed E-state index contributed by atoms with van der Waals surface area (Å²) in [5, 5.41) is 12.1. The average Bonchev–Trinajstić information content (AvgIpc) is 2.97. The van der Waals surface area contributed by atoms with E-state index in [-0.39, 0.29) is 22.9 Å². The van der Waals surface area contributed by atoms with Crippen molar-refractivity contribution in [1.29, 1.82) is 0 Å². The van der Waals surface area contributed by atoms with Gasteiger partial charge in [-0.25, -0.2) is 4.98 Å². The van der Waals surface area contributed by atoms with E-state index in [4.69, 9.17) is 16.3 Å². The molecular weight excluding hydrogens is 414 g/mol. The molecule has 0 fully saturated rings. The highest BCUT2D eigenvalue weighted by Crippen LogP contribution is 2.30. The van der Waals surface area contributed by atoms with Gasteiger partial charge in [-0.15, -0.1) is 0 Å². The summed E-state index contributed by atoms with van der Waals surface area (Å²) in [7, 11) is 0. The van der Waals surface area contributed by atoms with Gasteiger partial charge in [-0.1, -0.05) is 35.9 Å². The van der Waals surface area contributed by atoms with Crippen molar-refractivity contribution in [3.8, 4) is 0 Å². The zero-order valence-corrected chi connectivity index (χ0v) is 16.0. The smallest absolute Gasteiger partial charge is 0.326 e. The molecule has 150 valence electrons. The second-order valence-corrected chi connectivity index (χ2v) is 6.80. The van der Waals surface area contributed by atoms with E-state index in [2.05, 4.69) is 4.98 Å². The van der Waals surface area contributed by atoms with Crippen molar-refractivity contribution in [2.24, 2.45) is 0 Å². The molecule has 3 aromatic rings. The minimum absolute atomic E-state index is 0.122. The van der Waals surface area contributed by atoms with Crippen molar-refractivity contribution in [2.75, 3.05) is 6.54 Å². The monoisotopic (exact) mass is 425 g/mol. The van der Waals surface area contributed by atoms with Crippen molar-refractivity contribution >= 4 is 46.0 Å². The number of halogens is 1. The molecule has 0 saturated carbocycles. The molecule has 1 aromatic heterocycles. The molecule has 2 heterocycles. The molecule has 0 unspecified atom stereocenters. The van der Waals surface area contributed by atoms with E-state index in [9.17, 15) is 24.5 Å². The van der Waals surface area contributed by atoms with Gasteiger partial charge in [0.2, 0.25) is 0 Å². The third-order valence-electron chi connectivity index (χ3n) is 4.60. The number of hydrogen-bond acceptors (Lipinski definition) is 7. The summed E-state index contributed by atoms with van der Waals surface area (Å²) in [6, 6.07) is 12.7. The van der Waals surface area contributed by atoms with Crippen LogP contribution in [0.5, 0.6) is 0 Å². The molecule has 10 heteroatoms. The number of ether oxygens (including phenoxy) is 1. The second-order valence-electron chi connectivity index (χ2n) is 6.44. The molecule has 0 N–H and O–H groups in total. The quantitative estimate of drug-likeness (QED) is 0.202. The van der Waals surface area contributed by atoms with E-state index in [1.54, 1.807) is 12.1 Å². The van der Waals surface area contributed by atoms with Crippen LogP contribution in [0.15, 0.2) is 48.5 Å². The van der Waals surface area contributed by atoms with Crippen LogP contribution in [0.25, 0.3) is 10.9 Å². The lowest BCUT2D eigenvalue weighted by Gasteiger charge is -2.13. The summed E-state index contributed by atoms with van der Waals surface area (Å²) in [6.07, 6.45) is 0. The first-order valence-corrected chi connectivity index (χ1v) is 9.08. The molecule has 2 amide bonds. The fourth-order valence-electron chi connectivity index (χ4n) is 3.18. The van der Waals surface area contributed by atoms with Crippen LogP contribution in [0.1, 0.15) is 26.3 Å². The Morgan fingerprint density at radius 1 is 1.13 bits per heavy atom. The Morgan fingerprint density at radius 2 is 1.90 bits per heavy atom. The summed E-state index contributed by atoms with van der Waals surface area (Å²) >= 11 is 6.13. The number of hydrogen-bond donors (Lipinski definition) is 0. The minimum atomic E-state index is -0.912. The summed E-state index contributed by atoms with van der Waals surface area (Å²) < 4.78 is 5.15. The van der Waals surface area contributed by atoms with Crippen LogP contribution in [0.3, 0.4) is 0 Å². The first-order chi connectivity index (χ1) is 14.4. The third kappa shape index (κ3) is 3.35. The van der Waals surface area contributed by atoms with E-state index in [0.29, 0.717) is 16.0 Å². The zero-order valence-electron chi connectivity index (χ0n) is 15.2. The van der Waals surface area contributed by atoms with Crippen LogP contribution in [0.2, 0.25) is 5.15 Å². The third-order valence-corrected chi connectivity index (χ3v) is 4.93. The molecule has 0 aliphatic carbocycles. The van der Waals surface area contributed by atoms with Gasteiger partial charge >= 0.3 is 5.97 Å². The van der Waals surface area contributed by atoms with E-state index in [1.807, 2.05) is 18.2 Å². The van der Waals surface area contributed by atoms with Crippen LogP contribution < -0.4 is 0 Å². The fourth-order valence-corrected chi connectivity index (χ4v) is 3.38. The molecule has 0 radical (unpaired) electrons. The number of nitrogens with zero attached hydrogens (tertiary/aromatic N) is 3. The standard InChI is InChI=1S/C20H12ClN3O6/c21-18-12(8-11-4-1-2-6-14(11)22-18)10-30-16(25)9-23-19(26)13-5-3-7-15(24(28)29)17(13)20(23)27/h1-8H,9-10H2. The number of nitro groups is 1. The Hall–Kier alpha value is -3.85. The first kappa shape index (κ1) is 19.5. The Kier molecular flexibility index (Phi) is 4.88. The van der Waals surface area contributed by atoms with Crippen LogP contribution in [0, 0.1) is 10.1 Å². The van der Waals surface area contributed by atoms with Crippen molar-refractivity contribution in [1.82, 2.24) is 9.88 Å². The number of carbonyl (C=O) groups is 3. The molecule has 4 rings (SSSR count). The molecule has 0 spiro atoms. The van der Waals surface area contributed by atoms with E-state index in [1.165, 1.54) is 12.1 Å². The topological polar surface area (TPSA) is 120 Å². The van der Waals surface area contributed by atoms with Gasteiger partial charge in [0.1, 0.15) is 23.9 Å². The number of amides is 2. The van der Waals surface area contributed by atoms with Gasteiger partial charge in [0.15, 0.2) is 0 Å². The number of carbonyl (C=O) groups excluding carboxylic acids is 3. The van der Waals surface area contributed by atoms with Gasteiger partial charge in [0, 0.05) is 17.0 Å². The predicted octanol–water partition coefficient (Wildman–Crippen LogP) is 3.14. The fraction of sp³-hybridized carbons (Fsp3) is 0.100. The highest BCUT2D eigenvalue weighted by atomic mass is 35.5. The van der Waals surface area contributed by atoms with Crippen LogP contribution in [-0.2, 0) is 16.1 Å². The summed E-state index contributed by atoms with van der Waals surface area (Å²) in [4.78, 5) is 52.4. The minimum Gasteiger partial charge on any atom is -0.459 e. The summed E-state index contributed by atoms with van der Waals surface area (Å²) in [5.41, 5.74) is 0.202. The highest BCUT2D eigenvalue weighted by molar-refractivity contribution is 6.30. The maximum absolute atomic E-state index is 12.5. The Balaban J connectivity index is 1.48. The number of para-hydroxylation sites is 1. The van der Waals surface area contributed by atoms with Crippen molar-refractivity contribution in [3.63, 3.8) is 0 Å². The average molecular weight is 426 g/mol. The van der Waals surface area contributed by atoms with Crippen LogP contribution in [-0.4, -0.2) is 39.1 Å². The van der Waals surface area contributed by atoms with Crippen LogP contribution in [0.4, 0.5) is 5.69 Å². The number of rotatable bonds is 5. The van der Waals surface area contributed by atoms with Crippen molar-refractivity contribution < 1.29 is 24.0 Å². The maximum atomic E-state index is 12.5. The number of nitro benzene ring substituents is 1. The Morgan fingerprint density at radius 3 is 2.67 bits per heavy atom. The predicted molar refractivity (Wildman–Crippen MR) is 105 cm³/mol. The molecule has 0 saturated heterocycles. The van der Waals surface area contributed by atoms with Crippen LogP contribution >= 0.6 is 11.6 Å². The first-order valence-electron chi connectivity index (χ1n) is 8.70. The Labute approximate surface area is 174 Å². The summed E-state index contributed by atoms with van der Waals surface area (Å²) in [5.74, 6) is -2.57. The molecule has 30 heavy (non-hydrogen) atoms. The maximum Gasteiger partial charge on any atom is 0.326 e. The normalized spacial score (nSPS) is 12.9. The van der Waals surface area contributed by atoms with Gasteiger partial charge in [-0.3, -0.25) is 29.4 Å². The number of benzene rings is 2. The van der Waals surface area contributed by atoms with Gasteiger partial charge < -0.3 is 4.74 Å². The number of fused-ring (bicyclic) bond motifs is 2. The Bertz CT molecular complexity index is 1240. The number of aromatic nitrogens is 1. The zero-order chi connectivity index (χ0) is 21.4. The lowest BCUT2D eigenvalue weighted by molar-refractivity contribution is -0.385. The molecule has 1 aliphatic heterocycles. The molecule has 1 aliphatic rings. The molecule has 0 atom stereocenters. The lowest BCUT2D eigenvalue weighted by Crippen LogP contribution is -2.35. The van der Waals surface area contributed by atoms with E-state index in [0.717, 1.165) is 11.5 Å². The van der Waals surface area contributed by atoms with Gasteiger partial charge in [-0.05, 0) is 18.2 Å². The van der Waals surface area contributed by atoms with Gasteiger partial charge in [-0.2, -0.15) is 0 Å². The van der Waals surface area contributed by atoms with Gasteiger partial charge in [0.25, 0.3) is 17.5 Å². The largest absolute Gasteiger partial charge is 0.459 e. The van der Waals surface area contributed by atoms with Crippen molar-refractivity contribution in [3.05, 3.63) is 80.5 Å². The molecule has 2 aromatic carbocycles. The van der Waals surface area contributed by atoms with E-state index >= 15 is 0 Å².